The van der Waals surface area contributed by atoms with Crippen LogP contribution in [0.5, 0.6) is 5.75 Å². The van der Waals surface area contributed by atoms with Crippen LogP contribution in [0.3, 0.4) is 0 Å². The number of aromatic nitrogens is 1. The molecule has 0 aliphatic carbocycles. The summed E-state index contributed by atoms with van der Waals surface area (Å²) in [4.78, 5) is 29.8. The molecule has 0 saturated heterocycles. The average Bonchev–Trinajstić information content (AvgIpc) is 3.10. The van der Waals surface area contributed by atoms with Crippen LogP contribution in [-0.4, -0.2) is 41.5 Å². The Hall–Kier alpha value is -2.41. The molecule has 0 radical (unpaired) electrons. The van der Waals surface area contributed by atoms with Crippen molar-refractivity contribution < 1.29 is 19.1 Å². The fourth-order valence-electron chi connectivity index (χ4n) is 2.04. The molecular formula is C17H20N2O4S. The van der Waals surface area contributed by atoms with E-state index in [1.807, 2.05) is 19.2 Å². The second-order valence-corrected chi connectivity index (χ2v) is 6.12. The third-order valence-electron chi connectivity index (χ3n) is 3.36. The van der Waals surface area contributed by atoms with Gasteiger partial charge in [0.1, 0.15) is 18.9 Å². The first-order valence-corrected chi connectivity index (χ1v) is 8.43. The molecule has 0 atom stereocenters. The minimum absolute atomic E-state index is 0.0864. The Kier molecular flexibility index (Phi) is 6.31. The van der Waals surface area contributed by atoms with Crippen LogP contribution < -0.4 is 4.74 Å². The SMILES string of the molecule is COC(=O)CN(C(=O)c1cccc(OCc2cscn2)c1)C(C)C. The highest BCUT2D eigenvalue weighted by molar-refractivity contribution is 7.07. The van der Waals surface area contributed by atoms with Crippen molar-refractivity contribution in [1.29, 1.82) is 0 Å². The third-order valence-corrected chi connectivity index (χ3v) is 4.00. The maximum absolute atomic E-state index is 12.7. The zero-order valence-corrected chi connectivity index (χ0v) is 14.7. The molecule has 1 amide bonds. The number of amides is 1. The molecule has 0 aliphatic rings. The van der Waals surface area contributed by atoms with Gasteiger partial charge >= 0.3 is 5.97 Å². The number of hydrogen-bond acceptors (Lipinski definition) is 6. The van der Waals surface area contributed by atoms with E-state index in [0.29, 0.717) is 17.9 Å². The molecule has 0 saturated carbocycles. The molecule has 1 aromatic carbocycles. The van der Waals surface area contributed by atoms with Gasteiger partial charge in [-0.15, -0.1) is 11.3 Å². The summed E-state index contributed by atoms with van der Waals surface area (Å²) in [6, 6.07) is 6.77. The Bertz CT molecular complexity index is 686. The molecule has 0 bridgehead atoms. The largest absolute Gasteiger partial charge is 0.487 e. The Balaban J connectivity index is 2.10. The van der Waals surface area contributed by atoms with Gasteiger partial charge in [0.05, 0.1) is 18.3 Å². The second kappa shape index (κ2) is 8.44. The molecule has 0 N–H and O–H groups in total. The quantitative estimate of drug-likeness (QED) is 0.720. The number of rotatable bonds is 7. The van der Waals surface area contributed by atoms with Gasteiger partial charge in [0.2, 0.25) is 0 Å². The van der Waals surface area contributed by atoms with Crippen LogP contribution in [0.15, 0.2) is 35.2 Å². The van der Waals surface area contributed by atoms with Crippen LogP contribution in [0.2, 0.25) is 0 Å². The second-order valence-electron chi connectivity index (χ2n) is 5.40. The van der Waals surface area contributed by atoms with E-state index in [0.717, 1.165) is 5.69 Å². The van der Waals surface area contributed by atoms with E-state index in [4.69, 9.17) is 4.74 Å². The van der Waals surface area contributed by atoms with Gasteiger partial charge in [0.15, 0.2) is 0 Å². The highest BCUT2D eigenvalue weighted by Gasteiger charge is 2.22. The minimum atomic E-state index is -0.451. The van der Waals surface area contributed by atoms with Gasteiger partial charge in [-0.2, -0.15) is 0 Å². The highest BCUT2D eigenvalue weighted by atomic mass is 32.1. The number of carbonyl (C=O) groups excluding carboxylic acids is 2. The first kappa shape index (κ1) is 17.9. The normalized spacial score (nSPS) is 10.5. The van der Waals surface area contributed by atoms with E-state index < -0.39 is 5.97 Å². The van der Waals surface area contributed by atoms with Crippen molar-refractivity contribution in [3.8, 4) is 5.75 Å². The fourth-order valence-corrected chi connectivity index (χ4v) is 2.59. The fraction of sp³-hybridized carbons (Fsp3) is 0.353. The maximum atomic E-state index is 12.7. The summed E-state index contributed by atoms with van der Waals surface area (Å²) in [5.41, 5.74) is 3.04. The molecule has 1 aromatic heterocycles. The first-order valence-electron chi connectivity index (χ1n) is 7.49. The number of hydrogen-bond donors (Lipinski definition) is 0. The molecule has 0 fully saturated rings. The number of ether oxygens (including phenoxy) is 2. The van der Waals surface area contributed by atoms with Crippen molar-refractivity contribution in [2.75, 3.05) is 13.7 Å². The zero-order chi connectivity index (χ0) is 17.5. The van der Waals surface area contributed by atoms with Gasteiger partial charge in [-0.1, -0.05) is 6.07 Å². The summed E-state index contributed by atoms with van der Waals surface area (Å²) >= 11 is 1.50. The van der Waals surface area contributed by atoms with Crippen LogP contribution >= 0.6 is 11.3 Å². The molecule has 7 heteroatoms. The lowest BCUT2D eigenvalue weighted by Gasteiger charge is -2.25. The minimum Gasteiger partial charge on any atom is -0.487 e. The molecule has 128 valence electrons. The Morgan fingerprint density at radius 3 is 2.75 bits per heavy atom. The van der Waals surface area contributed by atoms with E-state index in [1.54, 1.807) is 29.8 Å². The predicted octanol–water partition coefficient (Wildman–Crippen LogP) is 2.75. The van der Waals surface area contributed by atoms with E-state index in [9.17, 15) is 9.59 Å². The predicted molar refractivity (Wildman–Crippen MR) is 91.1 cm³/mol. The average molecular weight is 348 g/mol. The molecule has 0 aliphatic heterocycles. The Morgan fingerprint density at radius 2 is 2.12 bits per heavy atom. The van der Waals surface area contributed by atoms with Crippen molar-refractivity contribution in [3.05, 3.63) is 46.4 Å². The summed E-state index contributed by atoms with van der Waals surface area (Å²) in [6.45, 7) is 3.96. The summed E-state index contributed by atoms with van der Waals surface area (Å²) in [5, 5.41) is 1.91. The highest BCUT2D eigenvalue weighted by Crippen LogP contribution is 2.17. The van der Waals surface area contributed by atoms with Gasteiger partial charge in [-0.3, -0.25) is 9.59 Å². The molecule has 6 nitrogen and oxygen atoms in total. The van der Waals surface area contributed by atoms with Crippen LogP contribution in [0, 0.1) is 0 Å². The standard InChI is InChI=1S/C17H20N2O4S/c1-12(2)19(8-16(20)22-3)17(21)13-5-4-6-15(7-13)23-9-14-10-24-11-18-14/h4-7,10-12H,8-9H2,1-3H3. The van der Waals surface area contributed by atoms with Crippen molar-refractivity contribution in [1.82, 2.24) is 9.88 Å². The van der Waals surface area contributed by atoms with Gasteiger partial charge in [0, 0.05) is 17.0 Å². The first-order chi connectivity index (χ1) is 11.5. The van der Waals surface area contributed by atoms with Crippen molar-refractivity contribution in [2.24, 2.45) is 0 Å². The Labute approximate surface area is 145 Å². The monoisotopic (exact) mass is 348 g/mol. The van der Waals surface area contributed by atoms with Gasteiger partial charge < -0.3 is 14.4 Å². The summed E-state index contributed by atoms with van der Waals surface area (Å²) in [6.07, 6.45) is 0. The molecular weight excluding hydrogens is 328 g/mol. The van der Waals surface area contributed by atoms with Crippen molar-refractivity contribution >= 4 is 23.2 Å². The number of methoxy groups -OCH3 is 1. The van der Waals surface area contributed by atoms with Crippen LogP contribution in [0.25, 0.3) is 0 Å². The smallest absolute Gasteiger partial charge is 0.325 e. The number of nitrogens with zero attached hydrogens (tertiary/aromatic N) is 2. The van der Waals surface area contributed by atoms with Gasteiger partial charge in [0.25, 0.3) is 5.91 Å². The van der Waals surface area contributed by atoms with Crippen molar-refractivity contribution in [2.45, 2.75) is 26.5 Å². The lowest BCUT2D eigenvalue weighted by atomic mass is 10.1. The Morgan fingerprint density at radius 1 is 1.33 bits per heavy atom. The molecule has 2 rings (SSSR count). The summed E-state index contributed by atoms with van der Waals surface area (Å²) in [5.74, 6) is -0.113. The third kappa shape index (κ3) is 4.79. The number of thiazole rings is 1. The zero-order valence-electron chi connectivity index (χ0n) is 13.9. The van der Waals surface area contributed by atoms with Gasteiger partial charge in [-0.05, 0) is 32.0 Å². The molecule has 0 unspecified atom stereocenters. The van der Waals surface area contributed by atoms with E-state index in [1.165, 1.54) is 23.3 Å². The maximum Gasteiger partial charge on any atom is 0.325 e. The molecule has 1 heterocycles. The van der Waals surface area contributed by atoms with Crippen LogP contribution in [0.1, 0.15) is 29.9 Å². The number of benzene rings is 1. The van der Waals surface area contributed by atoms with Crippen molar-refractivity contribution in [3.63, 3.8) is 0 Å². The molecule has 0 spiro atoms. The van der Waals surface area contributed by atoms with Gasteiger partial charge in [-0.25, -0.2) is 4.98 Å². The molecule has 2 aromatic rings. The summed E-state index contributed by atoms with van der Waals surface area (Å²) in [7, 11) is 1.30. The summed E-state index contributed by atoms with van der Waals surface area (Å²) < 4.78 is 10.3. The van der Waals surface area contributed by atoms with E-state index >= 15 is 0 Å². The van der Waals surface area contributed by atoms with Crippen LogP contribution in [-0.2, 0) is 16.1 Å². The van der Waals surface area contributed by atoms with E-state index in [-0.39, 0.29) is 18.5 Å². The molecule has 24 heavy (non-hydrogen) atoms. The number of esters is 1. The topological polar surface area (TPSA) is 68.7 Å². The lowest BCUT2D eigenvalue weighted by molar-refractivity contribution is -0.141. The lowest BCUT2D eigenvalue weighted by Crippen LogP contribution is -2.41. The number of carbonyl (C=O) groups is 2. The van der Waals surface area contributed by atoms with E-state index in [2.05, 4.69) is 9.72 Å². The van der Waals surface area contributed by atoms with Crippen LogP contribution in [0.4, 0.5) is 0 Å².